The average molecular weight is 284 g/mol. The van der Waals surface area contributed by atoms with Crippen LogP contribution in [0.4, 0.5) is 15.8 Å². The SMILES string of the molecule is Cc1ccc(C(=O)Nc2cccc(F)c2C#N)c(NN)c1. The van der Waals surface area contributed by atoms with Crippen LogP contribution in [0.3, 0.4) is 0 Å². The zero-order valence-corrected chi connectivity index (χ0v) is 11.3. The van der Waals surface area contributed by atoms with Crippen molar-refractivity contribution in [2.24, 2.45) is 5.84 Å². The smallest absolute Gasteiger partial charge is 0.257 e. The number of halogens is 1. The summed E-state index contributed by atoms with van der Waals surface area (Å²) >= 11 is 0. The molecule has 2 aromatic rings. The van der Waals surface area contributed by atoms with E-state index in [9.17, 15) is 9.18 Å². The van der Waals surface area contributed by atoms with E-state index in [0.717, 1.165) is 11.6 Å². The summed E-state index contributed by atoms with van der Waals surface area (Å²) in [4.78, 5) is 12.2. The van der Waals surface area contributed by atoms with Crippen LogP contribution >= 0.6 is 0 Å². The van der Waals surface area contributed by atoms with Gasteiger partial charge in [0.2, 0.25) is 0 Å². The average Bonchev–Trinajstić information content (AvgIpc) is 2.47. The number of nitrogens with zero attached hydrogens (tertiary/aromatic N) is 1. The van der Waals surface area contributed by atoms with E-state index in [-0.39, 0.29) is 11.3 Å². The fourth-order valence-electron chi connectivity index (χ4n) is 1.91. The fraction of sp³-hybridized carbons (Fsp3) is 0.0667. The number of nitrogens with two attached hydrogens (primary N) is 1. The third-order valence-corrected chi connectivity index (χ3v) is 2.95. The molecule has 0 bridgehead atoms. The number of aryl methyl sites for hydroxylation is 1. The van der Waals surface area contributed by atoms with Crippen molar-refractivity contribution >= 4 is 17.3 Å². The van der Waals surface area contributed by atoms with E-state index in [1.165, 1.54) is 12.1 Å². The number of nitriles is 1. The summed E-state index contributed by atoms with van der Waals surface area (Å²) < 4.78 is 13.5. The van der Waals surface area contributed by atoms with Gasteiger partial charge < -0.3 is 10.7 Å². The van der Waals surface area contributed by atoms with Gasteiger partial charge in [0.05, 0.1) is 16.9 Å². The van der Waals surface area contributed by atoms with Gasteiger partial charge in [0.25, 0.3) is 5.91 Å². The maximum Gasteiger partial charge on any atom is 0.257 e. The van der Waals surface area contributed by atoms with Crippen LogP contribution in [0.1, 0.15) is 21.5 Å². The van der Waals surface area contributed by atoms with Crippen LogP contribution in [0, 0.1) is 24.1 Å². The molecule has 0 aromatic heterocycles. The molecule has 4 N–H and O–H groups in total. The molecule has 0 unspecified atom stereocenters. The molecule has 0 saturated heterocycles. The van der Waals surface area contributed by atoms with Crippen molar-refractivity contribution in [3.8, 4) is 6.07 Å². The fourth-order valence-corrected chi connectivity index (χ4v) is 1.91. The van der Waals surface area contributed by atoms with Gasteiger partial charge in [-0.25, -0.2) is 4.39 Å². The van der Waals surface area contributed by atoms with Gasteiger partial charge in [-0.15, -0.1) is 0 Å². The van der Waals surface area contributed by atoms with Gasteiger partial charge in [-0.3, -0.25) is 10.6 Å². The second kappa shape index (κ2) is 6.03. The summed E-state index contributed by atoms with van der Waals surface area (Å²) in [7, 11) is 0. The molecule has 0 fully saturated rings. The van der Waals surface area contributed by atoms with Crippen molar-refractivity contribution in [3.05, 3.63) is 58.9 Å². The third kappa shape index (κ3) is 2.99. The molecule has 2 aromatic carbocycles. The Morgan fingerprint density at radius 2 is 2.05 bits per heavy atom. The number of hydrazine groups is 1. The number of nitrogens with one attached hydrogen (secondary N) is 2. The highest BCUT2D eigenvalue weighted by atomic mass is 19.1. The molecule has 106 valence electrons. The Kier molecular flexibility index (Phi) is 4.16. The summed E-state index contributed by atoms with van der Waals surface area (Å²) in [6.07, 6.45) is 0. The van der Waals surface area contributed by atoms with Gasteiger partial charge >= 0.3 is 0 Å². The highest BCUT2D eigenvalue weighted by Gasteiger charge is 2.14. The molecule has 0 heterocycles. The van der Waals surface area contributed by atoms with Crippen molar-refractivity contribution in [2.45, 2.75) is 6.92 Å². The maximum absolute atomic E-state index is 13.5. The van der Waals surface area contributed by atoms with Gasteiger partial charge in [-0.1, -0.05) is 12.1 Å². The molecular formula is C15H13FN4O. The minimum Gasteiger partial charge on any atom is -0.323 e. The van der Waals surface area contributed by atoms with Crippen LogP contribution < -0.4 is 16.6 Å². The lowest BCUT2D eigenvalue weighted by molar-refractivity contribution is 0.102. The number of amides is 1. The molecule has 6 heteroatoms. The molecule has 0 saturated carbocycles. The van der Waals surface area contributed by atoms with E-state index in [4.69, 9.17) is 11.1 Å². The third-order valence-electron chi connectivity index (χ3n) is 2.95. The topological polar surface area (TPSA) is 90.9 Å². The number of anilines is 2. The molecule has 2 rings (SSSR count). The number of carbonyl (C=O) groups is 1. The lowest BCUT2D eigenvalue weighted by Gasteiger charge is -2.11. The van der Waals surface area contributed by atoms with Crippen molar-refractivity contribution in [2.75, 3.05) is 10.7 Å². The Morgan fingerprint density at radius 3 is 2.71 bits per heavy atom. The molecule has 0 atom stereocenters. The van der Waals surface area contributed by atoms with E-state index in [1.807, 2.05) is 6.92 Å². The van der Waals surface area contributed by atoms with Gasteiger partial charge in [0, 0.05) is 0 Å². The Bertz CT molecular complexity index is 737. The van der Waals surface area contributed by atoms with E-state index in [2.05, 4.69) is 10.7 Å². The number of carbonyl (C=O) groups excluding carboxylic acids is 1. The van der Waals surface area contributed by atoms with Gasteiger partial charge in [0.15, 0.2) is 0 Å². The summed E-state index contributed by atoms with van der Waals surface area (Å²) in [5.74, 6) is 4.22. The lowest BCUT2D eigenvalue weighted by Crippen LogP contribution is -2.18. The summed E-state index contributed by atoms with van der Waals surface area (Å²) in [6.45, 7) is 1.86. The standard InChI is InChI=1S/C15H13FN4O/c1-9-5-6-10(14(7-9)20-18)15(21)19-13-4-2-3-12(16)11(13)8-17/h2-7,20H,18H2,1H3,(H,19,21). The number of benzene rings is 2. The van der Waals surface area contributed by atoms with Crippen molar-refractivity contribution in [3.63, 3.8) is 0 Å². The zero-order valence-electron chi connectivity index (χ0n) is 11.3. The van der Waals surface area contributed by atoms with Gasteiger partial charge in [-0.05, 0) is 36.8 Å². The van der Waals surface area contributed by atoms with Crippen LogP contribution in [0.2, 0.25) is 0 Å². The zero-order chi connectivity index (χ0) is 15.4. The van der Waals surface area contributed by atoms with Gasteiger partial charge in [-0.2, -0.15) is 5.26 Å². The first-order chi connectivity index (χ1) is 10.1. The van der Waals surface area contributed by atoms with Crippen molar-refractivity contribution < 1.29 is 9.18 Å². The molecule has 0 aliphatic carbocycles. The van der Waals surface area contributed by atoms with E-state index < -0.39 is 11.7 Å². The maximum atomic E-state index is 13.5. The minimum atomic E-state index is -0.684. The predicted octanol–water partition coefficient (Wildman–Crippen LogP) is 2.54. The second-order valence-corrected chi connectivity index (χ2v) is 4.42. The minimum absolute atomic E-state index is 0.117. The molecule has 21 heavy (non-hydrogen) atoms. The monoisotopic (exact) mass is 284 g/mol. The van der Waals surface area contributed by atoms with Crippen LogP contribution in [0.5, 0.6) is 0 Å². The largest absolute Gasteiger partial charge is 0.323 e. The van der Waals surface area contributed by atoms with Crippen molar-refractivity contribution in [1.82, 2.24) is 0 Å². The molecule has 0 aliphatic rings. The van der Waals surface area contributed by atoms with E-state index in [1.54, 1.807) is 24.3 Å². The summed E-state index contributed by atoms with van der Waals surface area (Å²) in [6, 6.07) is 10.8. The molecule has 0 radical (unpaired) electrons. The molecule has 0 spiro atoms. The Labute approximate surface area is 121 Å². The predicted molar refractivity (Wildman–Crippen MR) is 78.1 cm³/mol. The van der Waals surface area contributed by atoms with E-state index in [0.29, 0.717) is 11.3 Å². The van der Waals surface area contributed by atoms with Gasteiger partial charge in [0.1, 0.15) is 17.4 Å². The Morgan fingerprint density at radius 1 is 1.29 bits per heavy atom. The molecule has 0 aliphatic heterocycles. The van der Waals surface area contributed by atoms with Crippen molar-refractivity contribution in [1.29, 1.82) is 5.26 Å². The lowest BCUT2D eigenvalue weighted by atomic mass is 10.1. The Hall–Kier alpha value is -2.91. The number of rotatable bonds is 3. The van der Waals surface area contributed by atoms with Crippen LogP contribution in [0.15, 0.2) is 36.4 Å². The molecule has 1 amide bonds. The molecular weight excluding hydrogens is 271 g/mol. The Balaban J connectivity index is 2.36. The van der Waals surface area contributed by atoms with Crippen LogP contribution in [0.25, 0.3) is 0 Å². The number of hydrogen-bond donors (Lipinski definition) is 3. The molecule has 5 nitrogen and oxygen atoms in total. The van der Waals surface area contributed by atoms with Crippen LogP contribution in [-0.2, 0) is 0 Å². The summed E-state index contributed by atoms with van der Waals surface area (Å²) in [5, 5.41) is 11.5. The van der Waals surface area contributed by atoms with E-state index >= 15 is 0 Å². The summed E-state index contributed by atoms with van der Waals surface area (Å²) in [5.41, 5.74) is 4.03. The quantitative estimate of drug-likeness (QED) is 0.596. The normalized spacial score (nSPS) is 9.81. The number of hydrogen-bond acceptors (Lipinski definition) is 4. The first-order valence-corrected chi connectivity index (χ1v) is 6.14. The first-order valence-electron chi connectivity index (χ1n) is 6.14. The highest BCUT2D eigenvalue weighted by Crippen LogP contribution is 2.21. The number of nitrogen functional groups attached to an aromatic ring is 1. The first kappa shape index (κ1) is 14.5. The second-order valence-electron chi connectivity index (χ2n) is 4.42. The van der Waals surface area contributed by atoms with Crippen LogP contribution in [-0.4, -0.2) is 5.91 Å². The highest BCUT2D eigenvalue weighted by molar-refractivity contribution is 6.08.